The molecule has 0 atom stereocenters. The maximum Gasteiger partial charge on any atom is 0.307 e. The van der Waals surface area contributed by atoms with Crippen molar-refractivity contribution in [2.75, 3.05) is 5.32 Å². The van der Waals surface area contributed by atoms with Crippen LogP contribution < -0.4 is 10.7 Å². The minimum atomic E-state index is -0.417. The third-order valence-corrected chi connectivity index (χ3v) is 3.59. The Labute approximate surface area is 149 Å². The van der Waals surface area contributed by atoms with Crippen LogP contribution in [0.3, 0.4) is 0 Å². The van der Waals surface area contributed by atoms with Crippen molar-refractivity contribution in [1.82, 2.24) is 5.43 Å². The van der Waals surface area contributed by atoms with Crippen molar-refractivity contribution in [3.05, 3.63) is 77.6 Å². The minimum Gasteiger partial charge on any atom is -0.459 e. The first-order valence-electron chi connectivity index (χ1n) is 7.89. The Kier molecular flexibility index (Phi) is 4.98. The third kappa shape index (κ3) is 4.07. The fourth-order valence-electron chi connectivity index (χ4n) is 2.21. The van der Waals surface area contributed by atoms with Gasteiger partial charge in [0.2, 0.25) is 0 Å². The highest BCUT2D eigenvalue weighted by atomic mass is 16.4. The first-order valence-corrected chi connectivity index (χ1v) is 7.89. The van der Waals surface area contributed by atoms with Gasteiger partial charge in [0.15, 0.2) is 11.5 Å². The second kappa shape index (κ2) is 7.52. The van der Waals surface area contributed by atoms with Gasteiger partial charge in [-0.25, -0.2) is 5.43 Å². The Morgan fingerprint density at radius 1 is 0.962 bits per heavy atom. The average Bonchev–Trinajstić information content (AvgIpc) is 3.31. The van der Waals surface area contributed by atoms with Crippen LogP contribution in [0.1, 0.15) is 39.4 Å². The van der Waals surface area contributed by atoms with Gasteiger partial charge in [0.1, 0.15) is 5.76 Å². The third-order valence-electron chi connectivity index (χ3n) is 3.59. The predicted octanol–water partition coefficient (Wildman–Crippen LogP) is 3.59. The number of nitrogens with zero attached hydrogens (tertiary/aromatic N) is 1. The summed E-state index contributed by atoms with van der Waals surface area (Å²) in [6, 6.07) is 13.6. The Balaban J connectivity index is 1.62. The number of aryl methyl sites for hydroxylation is 1. The molecule has 0 saturated heterocycles. The van der Waals surface area contributed by atoms with Crippen LogP contribution in [0.2, 0.25) is 0 Å². The molecule has 2 heterocycles. The van der Waals surface area contributed by atoms with Crippen LogP contribution in [-0.4, -0.2) is 17.5 Å². The van der Waals surface area contributed by atoms with Gasteiger partial charge >= 0.3 is 5.91 Å². The number of amides is 2. The SMILES string of the molecule is CC(=NNC(=O)c1ccc(C)o1)c1ccc(NC(=O)c2ccco2)cc1. The zero-order valence-corrected chi connectivity index (χ0v) is 14.3. The number of carbonyl (C=O) groups is 2. The Morgan fingerprint density at radius 2 is 1.73 bits per heavy atom. The van der Waals surface area contributed by atoms with Gasteiger partial charge in [-0.1, -0.05) is 12.1 Å². The maximum absolute atomic E-state index is 11.9. The molecule has 2 aromatic heterocycles. The van der Waals surface area contributed by atoms with Gasteiger partial charge in [-0.05, 0) is 55.8 Å². The van der Waals surface area contributed by atoms with Crippen molar-refractivity contribution in [2.24, 2.45) is 5.10 Å². The molecule has 26 heavy (non-hydrogen) atoms. The number of rotatable bonds is 5. The number of nitrogens with one attached hydrogen (secondary N) is 2. The molecule has 0 aliphatic rings. The second-order valence-corrected chi connectivity index (χ2v) is 5.56. The summed E-state index contributed by atoms with van der Waals surface area (Å²) in [5.41, 5.74) is 4.49. The number of hydrogen-bond acceptors (Lipinski definition) is 5. The number of carbonyl (C=O) groups excluding carboxylic acids is 2. The fourth-order valence-corrected chi connectivity index (χ4v) is 2.21. The first kappa shape index (κ1) is 17.2. The van der Waals surface area contributed by atoms with Crippen molar-refractivity contribution in [1.29, 1.82) is 0 Å². The zero-order chi connectivity index (χ0) is 18.5. The van der Waals surface area contributed by atoms with Crippen molar-refractivity contribution >= 4 is 23.2 Å². The molecule has 1 aromatic carbocycles. The lowest BCUT2D eigenvalue weighted by Crippen LogP contribution is -2.18. The molecule has 3 rings (SSSR count). The molecule has 0 bridgehead atoms. The van der Waals surface area contributed by atoms with E-state index in [2.05, 4.69) is 15.8 Å². The van der Waals surface area contributed by atoms with Crippen LogP contribution in [0.4, 0.5) is 5.69 Å². The van der Waals surface area contributed by atoms with E-state index in [1.165, 1.54) is 6.26 Å². The maximum atomic E-state index is 11.9. The molecule has 2 amide bonds. The normalized spacial score (nSPS) is 11.2. The van der Waals surface area contributed by atoms with E-state index in [4.69, 9.17) is 8.83 Å². The summed E-state index contributed by atoms with van der Waals surface area (Å²) in [6.45, 7) is 3.53. The second-order valence-electron chi connectivity index (χ2n) is 5.56. The summed E-state index contributed by atoms with van der Waals surface area (Å²) in [5.74, 6) is 0.356. The van der Waals surface area contributed by atoms with E-state index >= 15 is 0 Å². The molecule has 0 spiro atoms. The Morgan fingerprint density at radius 3 is 2.35 bits per heavy atom. The average molecular weight is 351 g/mol. The highest BCUT2D eigenvalue weighted by Crippen LogP contribution is 2.12. The summed E-state index contributed by atoms with van der Waals surface area (Å²) in [7, 11) is 0. The van der Waals surface area contributed by atoms with Gasteiger partial charge in [0.05, 0.1) is 12.0 Å². The molecule has 3 aromatic rings. The lowest BCUT2D eigenvalue weighted by molar-refractivity contribution is 0.0925. The summed E-state index contributed by atoms with van der Waals surface area (Å²) < 4.78 is 10.3. The van der Waals surface area contributed by atoms with E-state index in [0.717, 1.165) is 5.56 Å². The van der Waals surface area contributed by atoms with Gasteiger partial charge < -0.3 is 14.2 Å². The standard InChI is InChI=1S/C19H17N3O4/c1-12-5-10-17(26-12)19(24)22-21-13(2)14-6-8-15(9-7-14)20-18(23)16-4-3-11-25-16/h3-11H,1-2H3,(H,20,23)(H,22,24). The van der Waals surface area contributed by atoms with Gasteiger partial charge in [0.25, 0.3) is 5.91 Å². The van der Waals surface area contributed by atoms with Crippen LogP contribution in [0.25, 0.3) is 0 Å². The topological polar surface area (TPSA) is 96.8 Å². The Bertz CT molecular complexity index is 938. The molecular formula is C19H17N3O4. The molecule has 0 aliphatic heterocycles. The molecule has 0 unspecified atom stereocenters. The van der Waals surface area contributed by atoms with Crippen LogP contribution in [0.15, 0.2) is 68.7 Å². The lowest BCUT2D eigenvalue weighted by atomic mass is 10.1. The number of furan rings is 2. The molecule has 0 radical (unpaired) electrons. The summed E-state index contributed by atoms with van der Waals surface area (Å²) in [4.78, 5) is 23.8. The summed E-state index contributed by atoms with van der Waals surface area (Å²) >= 11 is 0. The first-order chi connectivity index (χ1) is 12.5. The molecule has 2 N–H and O–H groups in total. The molecule has 0 saturated carbocycles. The van der Waals surface area contributed by atoms with Crippen molar-refractivity contribution < 1.29 is 18.4 Å². The highest BCUT2D eigenvalue weighted by Gasteiger charge is 2.10. The van der Waals surface area contributed by atoms with Crippen LogP contribution >= 0.6 is 0 Å². The lowest BCUT2D eigenvalue weighted by Gasteiger charge is -2.05. The van der Waals surface area contributed by atoms with Crippen molar-refractivity contribution in [3.8, 4) is 0 Å². The molecule has 0 fully saturated rings. The van der Waals surface area contributed by atoms with Crippen molar-refractivity contribution in [2.45, 2.75) is 13.8 Å². The highest BCUT2D eigenvalue weighted by molar-refractivity contribution is 6.03. The number of hydrazone groups is 1. The van der Waals surface area contributed by atoms with E-state index in [1.807, 2.05) is 0 Å². The molecule has 0 aliphatic carbocycles. The molecule has 132 valence electrons. The van der Waals surface area contributed by atoms with E-state index in [9.17, 15) is 9.59 Å². The largest absolute Gasteiger partial charge is 0.459 e. The van der Waals surface area contributed by atoms with Gasteiger partial charge in [0, 0.05) is 5.69 Å². The summed E-state index contributed by atoms with van der Waals surface area (Å²) in [5, 5.41) is 6.80. The molecule has 7 nitrogen and oxygen atoms in total. The van der Waals surface area contributed by atoms with Gasteiger partial charge in [-0.3, -0.25) is 9.59 Å². The Hall–Kier alpha value is -3.61. The van der Waals surface area contributed by atoms with Gasteiger partial charge in [-0.2, -0.15) is 5.10 Å². The number of hydrogen-bond donors (Lipinski definition) is 2. The zero-order valence-electron chi connectivity index (χ0n) is 14.3. The van der Waals surface area contributed by atoms with E-state index in [-0.39, 0.29) is 17.4 Å². The van der Waals surface area contributed by atoms with Crippen LogP contribution in [0, 0.1) is 6.92 Å². The van der Waals surface area contributed by atoms with E-state index in [1.54, 1.807) is 62.4 Å². The van der Waals surface area contributed by atoms with E-state index in [0.29, 0.717) is 17.2 Å². The van der Waals surface area contributed by atoms with Crippen LogP contribution in [0.5, 0.6) is 0 Å². The van der Waals surface area contributed by atoms with Crippen molar-refractivity contribution in [3.63, 3.8) is 0 Å². The number of benzene rings is 1. The smallest absolute Gasteiger partial charge is 0.307 e. The quantitative estimate of drug-likeness (QED) is 0.542. The fraction of sp³-hybridized carbons (Fsp3) is 0.105. The number of anilines is 1. The monoisotopic (exact) mass is 351 g/mol. The molecule has 7 heteroatoms. The predicted molar refractivity (Wildman–Crippen MR) is 96.2 cm³/mol. The van der Waals surface area contributed by atoms with Crippen LogP contribution in [-0.2, 0) is 0 Å². The minimum absolute atomic E-state index is 0.204. The summed E-state index contributed by atoms with van der Waals surface area (Å²) in [6.07, 6.45) is 1.44. The van der Waals surface area contributed by atoms with Gasteiger partial charge in [-0.15, -0.1) is 0 Å². The molecular weight excluding hydrogens is 334 g/mol. The van der Waals surface area contributed by atoms with E-state index < -0.39 is 5.91 Å².